The van der Waals surface area contributed by atoms with Gasteiger partial charge >= 0.3 is 0 Å². The van der Waals surface area contributed by atoms with Gasteiger partial charge in [-0.3, -0.25) is 0 Å². The van der Waals surface area contributed by atoms with E-state index in [4.69, 9.17) is 4.74 Å². The molecule has 1 aromatic carbocycles. The third-order valence-electron chi connectivity index (χ3n) is 3.10. The molecule has 0 aromatic heterocycles. The number of benzene rings is 1. The van der Waals surface area contributed by atoms with Crippen LogP contribution < -0.4 is 10.1 Å². The molecule has 2 N–H and O–H groups in total. The van der Waals surface area contributed by atoms with Crippen molar-refractivity contribution >= 4 is 5.69 Å². The molecule has 0 aliphatic rings. The monoisotopic (exact) mass is 237 g/mol. The number of hydrogen-bond donors (Lipinski definition) is 2. The molecule has 0 amide bonds. The lowest BCUT2D eigenvalue weighted by molar-refractivity contribution is 0.0457. The largest absolute Gasteiger partial charge is 0.494 e. The summed E-state index contributed by atoms with van der Waals surface area (Å²) in [4.78, 5) is 0. The molecule has 1 aromatic rings. The predicted octanol–water partition coefficient (Wildman–Crippen LogP) is 3.05. The van der Waals surface area contributed by atoms with Gasteiger partial charge in [0.25, 0.3) is 0 Å². The molecule has 0 radical (unpaired) electrons. The Kier molecular flexibility index (Phi) is 5.29. The number of hydrogen-bond acceptors (Lipinski definition) is 3. The van der Waals surface area contributed by atoms with Crippen LogP contribution in [0.3, 0.4) is 0 Å². The summed E-state index contributed by atoms with van der Waals surface area (Å²) in [5, 5.41) is 13.4. The zero-order valence-electron chi connectivity index (χ0n) is 11.0. The van der Waals surface area contributed by atoms with Crippen LogP contribution in [0.5, 0.6) is 5.75 Å². The van der Waals surface area contributed by atoms with Crippen molar-refractivity contribution in [3.63, 3.8) is 0 Å². The Balaban J connectivity index is 2.52. The molecule has 0 heterocycles. The van der Waals surface area contributed by atoms with Crippen molar-refractivity contribution in [2.75, 3.05) is 18.5 Å². The van der Waals surface area contributed by atoms with Crippen molar-refractivity contribution in [2.45, 2.75) is 39.2 Å². The second-order valence-corrected chi connectivity index (χ2v) is 4.24. The Morgan fingerprint density at radius 3 is 2.18 bits per heavy atom. The molecule has 0 aliphatic heterocycles. The average Bonchev–Trinajstić information content (AvgIpc) is 2.38. The molecule has 0 spiro atoms. The highest BCUT2D eigenvalue weighted by molar-refractivity contribution is 5.46. The summed E-state index contributed by atoms with van der Waals surface area (Å²) in [7, 11) is 0. The van der Waals surface area contributed by atoms with Gasteiger partial charge in [-0.25, -0.2) is 0 Å². The molecule has 0 aliphatic carbocycles. The number of rotatable bonds is 7. The van der Waals surface area contributed by atoms with Gasteiger partial charge in [0.15, 0.2) is 0 Å². The zero-order valence-corrected chi connectivity index (χ0v) is 11.0. The summed E-state index contributed by atoms with van der Waals surface area (Å²) in [6, 6.07) is 7.80. The molecule has 17 heavy (non-hydrogen) atoms. The molecule has 0 saturated carbocycles. The van der Waals surface area contributed by atoms with Gasteiger partial charge < -0.3 is 15.2 Å². The molecule has 0 atom stereocenters. The summed E-state index contributed by atoms with van der Waals surface area (Å²) in [5.74, 6) is 0.874. The molecule has 0 saturated heterocycles. The van der Waals surface area contributed by atoms with Gasteiger partial charge in [0.2, 0.25) is 0 Å². The van der Waals surface area contributed by atoms with Crippen LogP contribution in [0.4, 0.5) is 5.69 Å². The highest BCUT2D eigenvalue weighted by atomic mass is 16.5. The van der Waals surface area contributed by atoms with E-state index in [1.165, 1.54) is 0 Å². The number of nitrogens with one attached hydrogen (secondary N) is 1. The smallest absolute Gasteiger partial charge is 0.119 e. The fraction of sp³-hybridized carbons (Fsp3) is 0.571. The van der Waals surface area contributed by atoms with Gasteiger partial charge in [-0.05, 0) is 44.0 Å². The fourth-order valence-electron chi connectivity index (χ4n) is 1.60. The fourth-order valence-corrected chi connectivity index (χ4v) is 1.60. The molecule has 3 nitrogen and oxygen atoms in total. The van der Waals surface area contributed by atoms with E-state index in [1.807, 2.05) is 45.0 Å². The second-order valence-electron chi connectivity index (χ2n) is 4.24. The van der Waals surface area contributed by atoms with Crippen LogP contribution >= 0.6 is 0 Å². The Hall–Kier alpha value is -1.22. The van der Waals surface area contributed by atoms with Gasteiger partial charge in [0.05, 0.1) is 12.2 Å². The van der Waals surface area contributed by atoms with Gasteiger partial charge in [-0.15, -0.1) is 0 Å². The van der Waals surface area contributed by atoms with E-state index in [-0.39, 0.29) is 0 Å². The Bertz CT molecular complexity index is 317. The number of anilines is 1. The maximum atomic E-state index is 10.1. The van der Waals surface area contributed by atoms with E-state index in [0.717, 1.165) is 24.3 Å². The molecule has 1 rings (SSSR count). The van der Waals surface area contributed by atoms with Gasteiger partial charge in [0, 0.05) is 12.2 Å². The second kappa shape index (κ2) is 6.50. The summed E-state index contributed by atoms with van der Waals surface area (Å²) < 4.78 is 5.37. The topological polar surface area (TPSA) is 41.5 Å². The Labute approximate surface area is 104 Å². The molecule has 0 unspecified atom stereocenters. The summed E-state index contributed by atoms with van der Waals surface area (Å²) in [6.07, 6.45) is 1.51. The standard InChI is InChI=1S/C14H23NO2/c1-4-14(16,5-2)11-15-12-7-9-13(10-8-12)17-6-3/h7-10,15-16H,4-6,11H2,1-3H3. The van der Waals surface area contributed by atoms with Gasteiger partial charge in [-0.2, -0.15) is 0 Å². The van der Waals surface area contributed by atoms with E-state index < -0.39 is 5.60 Å². The Morgan fingerprint density at radius 2 is 1.71 bits per heavy atom. The molecular weight excluding hydrogens is 214 g/mol. The molecule has 0 fully saturated rings. The lowest BCUT2D eigenvalue weighted by Crippen LogP contribution is -2.35. The molecule has 96 valence electrons. The van der Waals surface area contributed by atoms with Crippen LogP contribution in [0.2, 0.25) is 0 Å². The number of aliphatic hydroxyl groups is 1. The molecular formula is C14H23NO2. The van der Waals surface area contributed by atoms with Gasteiger partial charge in [-0.1, -0.05) is 13.8 Å². The first-order valence-corrected chi connectivity index (χ1v) is 6.32. The van der Waals surface area contributed by atoms with Crippen molar-refractivity contribution in [1.82, 2.24) is 0 Å². The maximum absolute atomic E-state index is 10.1. The predicted molar refractivity (Wildman–Crippen MR) is 71.6 cm³/mol. The van der Waals surface area contributed by atoms with E-state index in [2.05, 4.69) is 5.32 Å². The first-order chi connectivity index (χ1) is 8.13. The van der Waals surface area contributed by atoms with Crippen LogP contribution in [0.1, 0.15) is 33.6 Å². The van der Waals surface area contributed by atoms with Crippen LogP contribution in [0, 0.1) is 0 Å². The van der Waals surface area contributed by atoms with Crippen LogP contribution in [0.15, 0.2) is 24.3 Å². The van der Waals surface area contributed by atoms with Crippen LogP contribution in [-0.2, 0) is 0 Å². The highest BCUT2D eigenvalue weighted by Gasteiger charge is 2.21. The Morgan fingerprint density at radius 1 is 1.12 bits per heavy atom. The van der Waals surface area contributed by atoms with Crippen molar-refractivity contribution in [3.05, 3.63) is 24.3 Å². The van der Waals surface area contributed by atoms with Crippen LogP contribution in [-0.4, -0.2) is 23.9 Å². The minimum Gasteiger partial charge on any atom is -0.494 e. The van der Waals surface area contributed by atoms with Crippen molar-refractivity contribution in [3.8, 4) is 5.75 Å². The maximum Gasteiger partial charge on any atom is 0.119 e. The number of ether oxygens (including phenoxy) is 1. The molecule has 3 heteroatoms. The van der Waals surface area contributed by atoms with Gasteiger partial charge in [0.1, 0.15) is 5.75 Å². The minimum absolute atomic E-state index is 0.577. The lowest BCUT2D eigenvalue weighted by atomic mass is 9.97. The zero-order chi connectivity index (χ0) is 12.7. The normalized spacial score (nSPS) is 11.3. The van der Waals surface area contributed by atoms with Crippen LogP contribution in [0.25, 0.3) is 0 Å². The van der Waals surface area contributed by atoms with E-state index in [1.54, 1.807) is 0 Å². The van der Waals surface area contributed by atoms with Crippen molar-refractivity contribution < 1.29 is 9.84 Å². The first-order valence-electron chi connectivity index (χ1n) is 6.32. The molecule has 0 bridgehead atoms. The lowest BCUT2D eigenvalue weighted by Gasteiger charge is -2.26. The highest BCUT2D eigenvalue weighted by Crippen LogP contribution is 2.19. The summed E-state index contributed by atoms with van der Waals surface area (Å²) in [5.41, 5.74) is 0.396. The quantitative estimate of drug-likeness (QED) is 0.766. The third kappa shape index (κ3) is 4.27. The summed E-state index contributed by atoms with van der Waals surface area (Å²) in [6.45, 7) is 7.23. The average molecular weight is 237 g/mol. The summed E-state index contributed by atoms with van der Waals surface area (Å²) >= 11 is 0. The van der Waals surface area contributed by atoms with Crippen molar-refractivity contribution in [2.24, 2.45) is 0 Å². The SMILES string of the molecule is CCOc1ccc(NCC(O)(CC)CC)cc1. The third-order valence-corrected chi connectivity index (χ3v) is 3.10. The van der Waals surface area contributed by atoms with Crippen molar-refractivity contribution in [1.29, 1.82) is 0 Å². The van der Waals surface area contributed by atoms with E-state index in [9.17, 15) is 5.11 Å². The van der Waals surface area contributed by atoms with E-state index >= 15 is 0 Å². The first kappa shape index (κ1) is 13.8. The van der Waals surface area contributed by atoms with E-state index in [0.29, 0.717) is 13.2 Å². The minimum atomic E-state index is -0.613.